The van der Waals surface area contributed by atoms with Gasteiger partial charge in [-0.05, 0) is 27.2 Å². The first kappa shape index (κ1) is 25.1. The number of guanidine groups is 1. The molecule has 0 fully saturated rings. The molecule has 0 spiro atoms. The maximum absolute atomic E-state index is 11.9. The second kappa shape index (κ2) is 14.2. The highest BCUT2D eigenvalue weighted by atomic mass is 127. The van der Waals surface area contributed by atoms with Gasteiger partial charge in [-0.15, -0.1) is 35.3 Å². The molecule has 0 aliphatic carbocycles. The van der Waals surface area contributed by atoms with E-state index in [1.165, 1.54) is 11.3 Å². The molecule has 0 saturated carbocycles. The Morgan fingerprint density at radius 2 is 2.08 bits per heavy atom. The zero-order chi connectivity index (χ0) is 18.7. The molecule has 1 rings (SSSR count). The van der Waals surface area contributed by atoms with Gasteiger partial charge in [-0.3, -0.25) is 4.99 Å². The Morgan fingerprint density at radius 3 is 2.69 bits per heavy atom. The highest BCUT2D eigenvalue weighted by molar-refractivity contribution is 14.0. The maximum Gasteiger partial charge on any atom is 0.350 e. The van der Waals surface area contributed by atoms with Crippen molar-refractivity contribution in [1.82, 2.24) is 15.6 Å². The second-order valence-corrected chi connectivity index (χ2v) is 6.55. The van der Waals surface area contributed by atoms with Gasteiger partial charge >= 0.3 is 5.97 Å². The van der Waals surface area contributed by atoms with E-state index in [1.807, 2.05) is 13.8 Å². The second-order valence-electron chi connectivity index (χ2n) is 5.52. The average molecular weight is 498 g/mol. The lowest BCUT2D eigenvalue weighted by Gasteiger charge is -2.16. The van der Waals surface area contributed by atoms with E-state index in [4.69, 9.17) is 9.47 Å². The number of hydrogen-bond acceptors (Lipinski definition) is 6. The monoisotopic (exact) mass is 498 g/mol. The van der Waals surface area contributed by atoms with Gasteiger partial charge in [0.05, 0.1) is 24.9 Å². The minimum absolute atomic E-state index is 0. The molecule has 1 aromatic rings. The average Bonchev–Trinajstić information content (AvgIpc) is 2.99. The molecule has 1 atom stereocenters. The molecule has 9 heteroatoms. The van der Waals surface area contributed by atoms with Gasteiger partial charge in [0.15, 0.2) is 5.96 Å². The van der Waals surface area contributed by atoms with Crippen molar-refractivity contribution in [3.05, 3.63) is 15.6 Å². The van der Waals surface area contributed by atoms with Crippen molar-refractivity contribution >= 4 is 47.2 Å². The summed E-state index contributed by atoms with van der Waals surface area (Å²) in [6.07, 6.45) is 2.21. The molecule has 1 heterocycles. The molecular formula is C17H31IN4O3S. The van der Waals surface area contributed by atoms with Crippen molar-refractivity contribution in [3.63, 3.8) is 0 Å². The number of ether oxygens (including phenoxy) is 2. The van der Waals surface area contributed by atoms with Crippen molar-refractivity contribution in [1.29, 1.82) is 0 Å². The summed E-state index contributed by atoms with van der Waals surface area (Å²) < 4.78 is 10.6. The lowest BCUT2D eigenvalue weighted by Crippen LogP contribution is -2.40. The molecule has 0 aromatic carbocycles. The van der Waals surface area contributed by atoms with E-state index in [-0.39, 0.29) is 36.0 Å². The summed E-state index contributed by atoms with van der Waals surface area (Å²) in [5.41, 5.74) is 0.694. The number of nitrogens with one attached hydrogen (secondary N) is 2. The highest BCUT2D eigenvalue weighted by Gasteiger charge is 2.19. The predicted octanol–water partition coefficient (Wildman–Crippen LogP) is 3.29. The first-order valence-corrected chi connectivity index (χ1v) is 9.54. The summed E-state index contributed by atoms with van der Waals surface area (Å²) >= 11 is 1.35. The number of carbonyl (C=O) groups is 1. The number of thiazole rings is 1. The van der Waals surface area contributed by atoms with Crippen molar-refractivity contribution < 1.29 is 14.3 Å². The first-order chi connectivity index (χ1) is 12.0. The number of rotatable bonds is 10. The van der Waals surface area contributed by atoms with E-state index in [2.05, 4.69) is 27.5 Å². The van der Waals surface area contributed by atoms with Gasteiger partial charge in [-0.2, -0.15) is 0 Å². The number of hydrogen-bond donors (Lipinski definition) is 2. The smallest absolute Gasteiger partial charge is 0.350 e. The molecule has 1 unspecified atom stereocenters. The number of aromatic nitrogens is 1. The van der Waals surface area contributed by atoms with Gasteiger partial charge in [0.25, 0.3) is 0 Å². The summed E-state index contributed by atoms with van der Waals surface area (Å²) in [6, 6.07) is -0.0703. The van der Waals surface area contributed by atoms with Gasteiger partial charge in [0.1, 0.15) is 9.88 Å². The van der Waals surface area contributed by atoms with Crippen LogP contribution in [0, 0.1) is 6.92 Å². The molecule has 150 valence electrons. The van der Waals surface area contributed by atoms with E-state index in [9.17, 15) is 4.79 Å². The van der Waals surface area contributed by atoms with Crippen LogP contribution in [0.5, 0.6) is 0 Å². The fourth-order valence-corrected chi connectivity index (χ4v) is 3.00. The molecule has 0 aliphatic rings. The normalized spacial score (nSPS) is 12.3. The third-order valence-electron chi connectivity index (χ3n) is 3.40. The number of esters is 1. The zero-order valence-electron chi connectivity index (χ0n) is 16.3. The van der Waals surface area contributed by atoms with Crippen molar-refractivity contribution in [2.45, 2.75) is 46.6 Å². The number of carbonyl (C=O) groups excluding carboxylic acids is 1. The van der Waals surface area contributed by atoms with Crippen LogP contribution in [-0.4, -0.2) is 50.3 Å². The topological polar surface area (TPSA) is 84.8 Å². The standard InChI is InChI=1S/C17H30N4O3S.HI/c1-6-8-10-23-11-9-19-17(18-5)21-13(4)15-20-12(3)14(25-15)16(22)24-7-2;/h13H,6-11H2,1-5H3,(H2,18,19,21);1H. The van der Waals surface area contributed by atoms with Crippen molar-refractivity contribution in [3.8, 4) is 0 Å². The number of nitrogens with zero attached hydrogens (tertiary/aromatic N) is 2. The van der Waals surface area contributed by atoms with Gasteiger partial charge < -0.3 is 20.1 Å². The molecule has 26 heavy (non-hydrogen) atoms. The summed E-state index contributed by atoms with van der Waals surface area (Å²) in [5.74, 6) is 0.361. The van der Waals surface area contributed by atoms with Crippen LogP contribution < -0.4 is 10.6 Å². The molecular weight excluding hydrogens is 467 g/mol. The summed E-state index contributed by atoms with van der Waals surface area (Å²) in [6.45, 7) is 10.2. The molecule has 0 amide bonds. The van der Waals surface area contributed by atoms with E-state index in [0.717, 1.165) is 24.5 Å². The van der Waals surface area contributed by atoms with Crippen LogP contribution in [0.4, 0.5) is 0 Å². The van der Waals surface area contributed by atoms with E-state index < -0.39 is 0 Å². The van der Waals surface area contributed by atoms with Gasteiger partial charge in [-0.1, -0.05) is 13.3 Å². The van der Waals surface area contributed by atoms with Crippen LogP contribution in [0.3, 0.4) is 0 Å². The lowest BCUT2D eigenvalue weighted by atomic mass is 10.3. The van der Waals surface area contributed by atoms with Crippen LogP contribution >= 0.6 is 35.3 Å². The molecule has 1 aromatic heterocycles. The Bertz CT molecular complexity index is 566. The third-order valence-corrected chi connectivity index (χ3v) is 4.72. The van der Waals surface area contributed by atoms with Crippen molar-refractivity contribution in [2.75, 3.05) is 33.4 Å². The Hall–Kier alpha value is -0.940. The van der Waals surface area contributed by atoms with Crippen molar-refractivity contribution in [2.24, 2.45) is 4.99 Å². The van der Waals surface area contributed by atoms with Crippen LogP contribution in [0.15, 0.2) is 4.99 Å². The van der Waals surface area contributed by atoms with Crippen LogP contribution in [0.2, 0.25) is 0 Å². The fraction of sp³-hybridized carbons (Fsp3) is 0.706. The molecule has 0 saturated heterocycles. The molecule has 0 radical (unpaired) electrons. The minimum Gasteiger partial charge on any atom is -0.462 e. The number of unbranched alkanes of at least 4 members (excludes halogenated alkanes) is 1. The largest absolute Gasteiger partial charge is 0.462 e. The molecule has 2 N–H and O–H groups in total. The quantitative estimate of drug-likeness (QED) is 0.169. The Morgan fingerprint density at radius 1 is 1.35 bits per heavy atom. The molecule has 0 bridgehead atoms. The summed E-state index contributed by atoms with van der Waals surface area (Å²) in [5, 5.41) is 7.31. The van der Waals surface area contributed by atoms with Crippen LogP contribution in [0.1, 0.15) is 60.0 Å². The maximum atomic E-state index is 11.9. The Labute approximate surface area is 177 Å². The Kier molecular flexibility index (Phi) is 13.6. The van der Waals surface area contributed by atoms with Gasteiger partial charge in [-0.25, -0.2) is 9.78 Å². The SMILES string of the molecule is CCCCOCCNC(=NC)NC(C)c1nc(C)c(C(=O)OCC)s1.I. The third kappa shape index (κ3) is 8.63. The zero-order valence-corrected chi connectivity index (χ0v) is 19.4. The van der Waals surface area contributed by atoms with Crippen LogP contribution in [-0.2, 0) is 9.47 Å². The minimum atomic E-state index is -0.317. The Balaban J connectivity index is 0.00000625. The van der Waals surface area contributed by atoms with Gasteiger partial charge in [0, 0.05) is 20.2 Å². The summed E-state index contributed by atoms with van der Waals surface area (Å²) in [7, 11) is 1.72. The highest BCUT2D eigenvalue weighted by Crippen LogP contribution is 2.24. The number of aliphatic imine (C=N–C) groups is 1. The fourth-order valence-electron chi connectivity index (χ4n) is 2.04. The predicted molar refractivity (Wildman–Crippen MR) is 117 cm³/mol. The van der Waals surface area contributed by atoms with Gasteiger partial charge in [0.2, 0.25) is 0 Å². The van der Waals surface area contributed by atoms with Crippen LogP contribution in [0.25, 0.3) is 0 Å². The molecule has 0 aliphatic heterocycles. The lowest BCUT2D eigenvalue weighted by molar-refractivity contribution is 0.0531. The van der Waals surface area contributed by atoms with E-state index >= 15 is 0 Å². The molecule has 7 nitrogen and oxygen atoms in total. The number of aryl methyl sites for hydroxylation is 1. The summed E-state index contributed by atoms with van der Waals surface area (Å²) in [4.78, 5) is 21.1. The van der Waals surface area contributed by atoms with E-state index in [0.29, 0.717) is 36.3 Å². The first-order valence-electron chi connectivity index (χ1n) is 8.72. The number of halogens is 1. The van der Waals surface area contributed by atoms with E-state index in [1.54, 1.807) is 14.0 Å².